The highest BCUT2D eigenvalue weighted by Gasteiger charge is 2.32. The summed E-state index contributed by atoms with van der Waals surface area (Å²) < 4.78 is 0. The van der Waals surface area contributed by atoms with Crippen LogP contribution in [0.15, 0.2) is 54.4 Å². The molecule has 0 aliphatic carbocycles. The van der Waals surface area contributed by atoms with Crippen LogP contribution in [0.5, 0.6) is 0 Å². The van der Waals surface area contributed by atoms with Crippen LogP contribution in [-0.2, 0) is 10.2 Å². The van der Waals surface area contributed by atoms with Gasteiger partial charge in [0.1, 0.15) is 11.5 Å². The van der Waals surface area contributed by atoms with Crippen molar-refractivity contribution in [3.8, 4) is 0 Å². The molecular formula is C29H42N8O2. The van der Waals surface area contributed by atoms with Gasteiger partial charge in [-0.1, -0.05) is 32.9 Å². The fraction of sp³-hybridized carbons (Fsp3) is 0.483. The smallest absolute Gasteiger partial charge is 0.283 e. The van der Waals surface area contributed by atoms with E-state index < -0.39 is 0 Å². The van der Waals surface area contributed by atoms with Crippen molar-refractivity contribution < 1.29 is 9.59 Å². The molecule has 0 bridgehead atoms. The number of piperidine rings is 1. The second-order valence-electron chi connectivity index (χ2n) is 11.4. The van der Waals surface area contributed by atoms with E-state index in [9.17, 15) is 9.59 Å². The molecule has 10 heteroatoms. The van der Waals surface area contributed by atoms with E-state index >= 15 is 0 Å². The molecule has 5 N–H and O–H groups in total. The van der Waals surface area contributed by atoms with Crippen molar-refractivity contribution in [1.29, 1.82) is 0 Å². The van der Waals surface area contributed by atoms with E-state index in [1.165, 1.54) is 10.6 Å². The van der Waals surface area contributed by atoms with E-state index in [1.54, 1.807) is 13.2 Å². The first-order chi connectivity index (χ1) is 18.5. The number of nitrogens with two attached hydrogens (primary N) is 1. The topological polar surface area (TPSA) is 119 Å². The van der Waals surface area contributed by atoms with Crippen LogP contribution >= 0.6 is 0 Å². The van der Waals surface area contributed by atoms with Crippen LogP contribution in [-0.4, -0.2) is 79.2 Å². The summed E-state index contributed by atoms with van der Waals surface area (Å²) in [5, 5.41) is 7.89. The summed E-state index contributed by atoms with van der Waals surface area (Å²) in [6.07, 6.45) is 5.32. The molecule has 3 heterocycles. The minimum atomic E-state index is -0.198. The highest BCUT2D eigenvalue weighted by Crippen LogP contribution is 2.23. The molecule has 2 aliphatic rings. The van der Waals surface area contributed by atoms with Crippen molar-refractivity contribution in [3.05, 3.63) is 65.5 Å². The lowest BCUT2D eigenvalue weighted by Crippen LogP contribution is -2.60. The van der Waals surface area contributed by atoms with Crippen molar-refractivity contribution in [2.75, 3.05) is 50.5 Å². The van der Waals surface area contributed by atoms with Crippen LogP contribution in [0.4, 0.5) is 11.5 Å². The van der Waals surface area contributed by atoms with Crippen molar-refractivity contribution in [2.24, 2.45) is 5.73 Å². The summed E-state index contributed by atoms with van der Waals surface area (Å²) in [5.74, 6) is 0.364. The van der Waals surface area contributed by atoms with E-state index in [1.807, 2.05) is 54.4 Å². The molecule has 210 valence electrons. The van der Waals surface area contributed by atoms with Crippen molar-refractivity contribution >= 4 is 23.3 Å². The first-order valence-corrected chi connectivity index (χ1v) is 13.6. The molecule has 1 saturated heterocycles. The van der Waals surface area contributed by atoms with Gasteiger partial charge in [-0.25, -0.2) is 10.4 Å². The van der Waals surface area contributed by atoms with Gasteiger partial charge in [-0.3, -0.25) is 19.5 Å². The zero-order valence-electron chi connectivity index (χ0n) is 23.7. The molecular weight excluding hydrogens is 492 g/mol. The summed E-state index contributed by atoms with van der Waals surface area (Å²) in [7, 11) is 3.68. The minimum absolute atomic E-state index is 0.0165. The standard InChI is InChI=1S/C29H42N8O2/c1-29(2,3)21-10-8-20(9-11-21)27(38)32-22-7-6-15-37(19-22)26-17-24(28(39)36(5)34-26)33-25-13-12-23(18-31-25)35(4)16-14-30/h8-13,17-18,22,26,34H,6-7,14-16,19,30H2,1-5H3,(H,31,33)(H,32,38)/t22-,26?/m1/s1. The number of carbonyl (C=O) groups excluding carboxylic acids is 2. The Bertz CT molecular complexity index is 1170. The number of anilines is 2. The third-order valence-electron chi connectivity index (χ3n) is 7.30. The molecule has 0 spiro atoms. The lowest BCUT2D eigenvalue weighted by atomic mass is 9.86. The van der Waals surface area contributed by atoms with Gasteiger partial charge in [0.15, 0.2) is 0 Å². The lowest BCUT2D eigenvalue weighted by molar-refractivity contribution is -0.131. The van der Waals surface area contributed by atoms with E-state index in [4.69, 9.17) is 5.73 Å². The Hall–Kier alpha value is -3.47. The number of aromatic nitrogens is 1. The number of nitrogens with zero attached hydrogens (tertiary/aromatic N) is 4. The van der Waals surface area contributed by atoms with Gasteiger partial charge in [0.2, 0.25) is 0 Å². The number of hydrogen-bond acceptors (Lipinski definition) is 8. The Morgan fingerprint density at radius 1 is 1.21 bits per heavy atom. The molecule has 2 amide bonds. The third-order valence-corrected chi connectivity index (χ3v) is 7.30. The highest BCUT2D eigenvalue weighted by atomic mass is 16.2. The number of likely N-dealkylation sites (tertiary alicyclic amines) is 1. The summed E-state index contributed by atoms with van der Waals surface area (Å²) in [5.41, 5.74) is 12.2. The fourth-order valence-electron chi connectivity index (χ4n) is 4.90. The predicted octanol–water partition coefficient (Wildman–Crippen LogP) is 2.27. The van der Waals surface area contributed by atoms with Gasteiger partial charge in [-0.05, 0) is 54.2 Å². The molecule has 2 atom stereocenters. The first-order valence-electron chi connectivity index (χ1n) is 13.6. The quantitative estimate of drug-likeness (QED) is 0.407. The second-order valence-corrected chi connectivity index (χ2v) is 11.4. The number of rotatable bonds is 8. The average Bonchev–Trinajstić information content (AvgIpc) is 2.91. The summed E-state index contributed by atoms with van der Waals surface area (Å²) >= 11 is 0. The van der Waals surface area contributed by atoms with Crippen LogP contribution in [0.3, 0.4) is 0 Å². The summed E-state index contributed by atoms with van der Waals surface area (Å²) in [4.78, 5) is 34.6. The molecule has 0 radical (unpaired) electrons. The Kier molecular flexibility index (Phi) is 8.89. The second kappa shape index (κ2) is 12.1. The zero-order valence-corrected chi connectivity index (χ0v) is 23.7. The first kappa shape index (κ1) is 28.5. The molecule has 1 unspecified atom stereocenters. The number of likely N-dealkylation sites (N-methyl/N-ethyl adjacent to an activating group) is 2. The zero-order chi connectivity index (χ0) is 28.2. The molecule has 2 aliphatic heterocycles. The van der Waals surface area contributed by atoms with Crippen LogP contribution < -0.4 is 26.7 Å². The predicted molar refractivity (Wildman–Crippen MR) is 155 cm³/mol. The molecule has 1 aromatic heterocycles. The van der Waals surface area contributed by atoms with Crippen LogP contribution in [0, 0.1) is 0 Å². The van der Waals surface area contributed by atoms with E-state index in [-0.39, 0.29) is 29.4 Å². The van der Waals surface area contributed by atoms with Gasteiger partial charge in [-0.15, -0.1) is 0 Å². The van der Waals surface area contributed by atoms with Gasteiger partial charge in [-0.2, -0.15) is 0 Å². The minimum Gasteiger partial charge on any atom is -0.372 e. The average molecular weight is 535 g/mol. The van der Waals surface area contributed by atoms with Gasteiger partial charge in [0.05, 0.1) is 18.1 Å². The number of hydrazine groups is 1. The van der Waals surface area contributed by atoms with E-state index in [2.05, 4.69) is 46.7 Å². The van der Waals surface area contributed by atoms with Crippen molar-refractivity contribution in [1.82, 2.24) is 25.6 Å². The number of benzene rings is 1. The van der Waals surface area contributed by atoms with E-state index in [0.717, 1.165) is 31.6 Å². The Morgan fingerprint density at radius 2 is 1.95 bits per heavy atom. The fourth-order valence-corrected chi connectivity index (χ4v) is 4.90. The van der Waals surface area contributed by atoms with Crippen molar-refractivity contribution in [3.63, 3.8) is 0 Å². The molecule has 4 rings (SSSR count). The van der Waals surface area contributed by atoms with Crippen LogP contribution in [0.2, 0.25) is 0 Å². The highest BCUT2D eigenvalue weighted by molar-refractivity contribution is 5.96. The maximum atomic E-state index is 13.0. The molecule has 39 heavy (non-hydrogen) atoms. The van der Waals surface area contributed by atoms with Gasteiger partial charge < -0.3 is 21.3 Å². The number of pyridine rings is 1. The van der Waals surface area contributed by atoms with Crippen molar-refractivity contribution in [2.45, 2.75) is 51.2 Å². The maximum absolute atomic E-state index is 13.0. The Balaban J connectivity index is 1.40. The number of amides is 2. The Morgan fingerprint density at radius 3 is 2.59 bits per heavy atom. The third kappa shape index (κ3) is 7.14. The molecule has 0 saturated carbocycles. The molecule has 1 aromatic carbocycles. The largest absolute Gasteiger partial charge is 0.372 e. The molecule has 1 fully saturated rings. The summed E-state index contributed by atoms with van der Waals surface area (Å²) in [6, 6.07) is 11.7. The van der Waals surface area contributed by atoms with E-state index in [0.29, 0.717) is 30.2 Å². The maximum Gasteiger partial charge on any atom is 0.283 e. The SMILES string of the molecule is CN1NC(N2CCC[C@@H](NC(=O)c3ccc(C(C)(C)C)cc3)C2)C=C(Nc2ccc(N(C)CCN)cn2)C1=O. The monoisotopic (exact) mass is 534 g/mol. The van der Waals surface area contributed by atoms with Crippen LogP contribution in [0.1, 0.15) is 49.5 Å². The number of hydrogen-bond donors (Lipinski definition) is 4. The normalized spacial score (nSPS) is 20.4. The lowest BCUT2D eigenvalue weighted by Gasteiger charge is -2.41. The molecule has 10 nitrogen and oxygen atoms in total. The summed E-state index contributed by atoms with van der Waals surface area (Å²) in [6.45, 7) is 9.31. The van der Waals surface area contributed by atoms with Crippen LogP contribution in [0.25, 0.3) is 0 Å². The van der Waals surface area contributed by atoms with Gasteiger partial charge >= 0.3 is 0 Å². The van der Waals surface area contributed by atoms with Gasteiger partial charge in [0.25, 0.3) is 11.8 Å². The number of nitrogens with one attached hydrogen (secondary N) is 3. The van der Waals surface area contributed by atoms with Gasteiger partial charge in [0, 0.05) is 51.9 Å². The Labute approximate surface area is 231 Å². The number of carbonyl (C=O) groups is 2. The molecule has 2 aromatic rings.